The summed E-state index contributed by atoms with van der Waals surface area (Å²) in [7, 11) is 5.12. The highest BCUT2D eigenvalue weighted by Crippen LogP contribution is 2.16. The van der Waals surface area contributed by atoms with Gasteiger partial charge in [0.1, 0.15) is 11.8 Å². The van der Waals surface area contributed by atoms with E-state index in [9.17, 15) is 13.2 Å². The summed E-state index contributed by atoms with van der Waals surface area (Å²) in [6.07, 6.45) is 0. The summed E-state index contributed by atoms with van der Waals surface area (Å²) in [5.41, 5.74) is 1.51. The fourth-order valence-electron chi connectivity index (χ4n) is 2.78. The lowest BCUT2D eigenvalue weighted by molar-refractivity contribution is -0.890. The molecule has 0 saturated heterocycles. The second-order valence-corrected chi connectivity index (χ2v) is 9.08. The third-order valence-electron chi connectivity index (χ3n) is 4.58. The molecule has 0 saturated carbocycles. The molecule has 152 valence electrons. The van der Waals surface area contributed by atoms with E-state index in [1.165, 1.54) is 43.3 Å². The van der Waals surface area contributed by atoms with Crippen molar-refractivity contribution in [1.29, 1.82) is 0 Å². The van der Waals surface area contributed by atoms with Crippen molar-refractivity contribution in [1.82, 2.24) is 9.62 Å². The van der Waals surface area contributed by atoms with Gasteiger partial charge in [-0.05, 0) is 48.5 Å². The van der Waals surface area contributed by atoms with Crippen molar-refractivity contribution in [2.45, 2.75) is 10.9 Å². The third-order valence-corrected chi connectivity index (χ3v) is 6.41. The summed E-state index contributed by atoms with van der Waals surface area (Å²) in [5, 5.41) is 2.94. The van der Waals surface area contributed by atoms with Gasteiger partial charge in [0.15, 0.2) is 0 Å². The molecule has 0 aliphatic rings. The molecule has 0 heterocycles. The Hall–Kier alpha value is -2.42. The number of hydrogen-bond acceptors (Lipinski definition) is 4. The number of benzene rings is 2. The molecule has 1 amide bonds. The molecule has 0 bridgehead atoms. The van der Waals surface area contributed by atoms with Crippen LogP contribution >= 0.6 is 0 Å². The second-order valence-electron chi connectivity index (χ2n) is 6.92. The predicted molar refractivity (Wildman–Crippen MR) is 108 cm³/mol. The van der Waals surface area contributed by atoms with E-state index < -0.39 is 10.0 Å². The predicted octanol–water partition coefficient (Wildman–Crippen LogP) is 0.561. The molecule has 0 radical (unpaired) electrons. The monoisotopic (exact) mass is 406 g/mol. The molecule has 0 fully saturated rings. The van der Waals surface area contributed by atoms with Crippen LogP contribution in [0, 0.1) is 0 Å². The molecule has 0 unspecified atom stereocenters. The first-order valence-electron chi connectivity index (χ1n) is 8.91. The van der Waals surface area contributed by atoms with Crippen molar-refractivity contribution in [3.8, 4) is 5.75 Å². The largest absolute Gasteiger partial charge is 0.497 e. The molecular weight excluding hydrogens is 378 g/mol. The Balaban J connectivity index is 2.08. The van der Waals surface area contributed by atoms with E-state index >= 15 is 0 Å². The summed E-state index contributed by atoms with van der Waals surface area (Å²) in [6, 6.07) is 13.8. The summed E-state index contributed by atoms with van der Waals surface area (Å²) in [6.45, 7) is 0.450. The Morgan fingerprint density at radius 3 is 2.11 bits per heavy atom. The van der Waals surface area contributed by atoms with Gasteiger partial charge in [0, 0.05) is 25.2 Å². The van der Waals surface area contributed by atoms with Crippen LogP contribution in [-0.2, 0) is 10.0 Å². The highest BCUT2D eigenvalue weighted by atomic mass is 32.2. The van der Waals surface area contributed by atoms with Crippen LogP contribution in [0.4, 0.5) is 0 Å². The van der Waals surface area contributed by atoms with Crippen LogP contribution in [0.15, 0.2) is 53.4 Å². The average molecular weight is 407 g/mol. The fraction of sp³-hybridized carbons (Fsp3) is 0.350. The summed E-state index contributed by atoms with van der Waals surface area (Å²) < 4.78 is 30.6. The highest BCUT2D eigenvalue weighted by Gasteiger charge is 2.20. The summed E-state index contributed by atoms with van der Waals surface area (Å²) in [5.74, 6) is 0.543. The molecule has 0 spiro atoms. The number of nitrogens with one attached hydrogen (secondary N) is 2. The van der Waals surface area contributed by atoms with E-state index in [1.54, 1.807) is 7.11 Å². The molecule has 2 aromatic rings. The highest BCUT2D eigenvalue weighted by molar-refractivity contribution is 7.89. The zero-order valence-corrected chi connectivity index (χ0v) is 17.7. The van der Waals surface area contributed by atoms with Crippen LogP contribution in [0.1, 0.15) is 22.0 Å². The van der Waals surface area contributed by atoms with Crippen LogP contribution in [-0.4, -0.2) is 60.5 Å². The number of sulfonamides is 1. The Bertz CT molecular complexity index is 892. The third kappa shape index (κ3) is 5.09. The smallest absolute Gasteiger partial charge is 0.251 e. The van der Waals surface area contributed by atoms with E-state index in [-0.39, 0.29) is 16.8 Å². The van der Waals surface area contributed by atoms with Crippen molar-refractivity contribution in [2.75, 3.05) is 41.8 Å². The molecule has 8 heteroatoms. The summed E-state index contributed by atoms with van der Waals surface area (Å²) in [4.78, 5) is 13.8. The molecule has 7 nitrogen and oxygen atoms in total. The Morgan fingerprint density at radius 1 is 1.07 bits per heavy atom. The van der Waals surface area contributed by atoms with Crippen molar-refractivity contribution in [3.63, 3.8) is 0 Å². The first-order valence-corrected chi connectivity index (χ1v) is 10.4. The van der Waals surface area contributed by atoms with Gasteiger partial charge in [-0.2, -0.15) is 0 Å². The quantitative estimate of drug-likeness (QED) is 0.671. The Labute approximate surface area is 167 Å². The molecule has 2 aromatic carbocycles. The number of methoxy groups -OCH3 is 1. The average Bonchev–Trinajstić information content (AvgIpc) is 2.68. The maximum absolute atomic E-state index is 12.5. The van der Waals surface area contributed by atoms with Crippen molar-refractivity contribution in [3.05, 3.63) is 59.7 Å². The fourth-order valence-corrected chi connectivity index (χ4v) is 3.68. The Morgan fingerprint density at radius 2 is 1.64 bits per heavy atom. The molecule has 0 aliphatic carbocycles. The molecule has 2 N–H and O–H groups in total. The minimum atomic E-state index is -3.51. The van der Waals surface area contributed by atoms with Gasteiger partial charge >= 0.3 is 0 Å². The van der Waals surface area contributed by atoms with E-state index in [4.69, 9.17) is 4.74 Å². The molecule has 2 rings (SSSR count). The van der Waals surface area contributed by atoms with Gasteiger partial charge < -0.3 is 15.0 Å². The Kier molecular flexibility index (Phi) is 7.17. The second kappa shape index (κ2) is 9.18. The van der Waals surface area contributed by atoms with Gasteiger partial charge in [-0.3, -0.25) is 4.79 Å². The number of quaternary nitrogens is 1. The number of carbonyl (C=O) groups is 1. The van der Waals surface area contributed by atoms with Gasteiger partial charge in [-0.1, -0.05) is 0 Å². The molecule has 0 aromatic heterocycles. The topological polar surface area (TPSA) is 80.1 Å². The number of rotatable bonds is 8. The lowest BCUT2D eigenvalue weighted by Gasteiger charge is -2.22. The minimum absolute atomic E-state index is 0.0725. The van der Waals surface area contributed by atoms with Crippen LogP contribution < -0.4 is 15.0 Å². The van der Waals surface area contributed by atoms with Crippen molar-refractivity contribution in [2.24, 2.45) is 0 Å². The van der Waals surface area contributed by atoms with Crippen LogP contribution in [0.3, 0.4) is 0 Å². The summed E-state index contributed by atoms with van der Waals surface area (Å²) >= 11 is 0. The van der Waals surface area contributed by atoms with Gasteiger partial charge in [0.05, 0.1) is 32.6 Å². The number of hydrogen-bond donors (Lipinski definition) is 2. The van der Waals surface area contributed by atoms with E-state index in [0.717, 1.165) is 15.6 Å². The first kappa shape index (κ1) is 21.9. The van der Waals surface area contributed by atoms with Gasteiger partial charge in [0.2, 0.25) is 10.0 Å². The van der Waals surface area contributed by atoms with Gasteiger partial charge in [-0.25, -0.2) is 12.7 Å². The van der Waals surface area contributed by atoms with Gasteiger partial charge in [-0.15, -0.1) is 0 Å². The zero-order chi connectivity index (χ0) is 20.9. The van der Waals surface area contributed by atoms with Gasteiger partial charge in [0.25, 0.3) is 5.91 Å². The van der Waals surface area contributed by atoms with E-state index in [2.05, 4.69) is 5.32 Å². The first-order chi connectivity index (χ1) is 13.2. The molecular formula is C20H28N3O4S+. The normalized spacial score (nSPS) is 12.8. The molecule has 0 aliphatic heterocycles. The lowest BCUT2D eigenvalue weighted by Crippen LogP contribution is -3.07. The SMILES string of the molecule is COc1ccc([C@H](CNC(=O)c2ccc(S(=O)(=O)N(C)C)cc2)[NH+](C)C)cc1. The number of nitrogens with zero attached hydrogens (tertiary/aromatic N) is 1. The van der Waals surface area contributed by atoms with E-state index in [1.807, 2.05) is 38.4 Å². The number of amides is 1. The number of ether oxygens (including phenoxy) is 1. The number of likely N-dealkylation sites (N-methyl/N-ethyl adjacent to an activating group) is 1. The molecule has 28 heavy (non-hydrogen) atoms. The van der Waals surface area contributed by atoms with Crippen molar-refractivity contribution >= 4 is 15.9 Å². The lowest BCUT2D eigenvalue weighted by atomic mass is 10.1. The van der Waals surface area contributed by atoms with Crippen molar-refractivity contribution < 1.29 is 22.8 Å². The number of carbonyl (C=O) groups excluding carboxylic acids is 1. The maximum Gasteiger partial charge on any atom is 0.251 e. The molecule has 1 atom stereocenters. The van der Waals surface area contributed by atoms with Crippen LogP contribution in [0.5, 0.6) is 5.75 Å². The standard InChI is InChI=1S/C20H27N3O4S/c1-22(2)19(15-6-10-17(27-5)11-7-15)14-21-20(24)16-8-12-18(13-9-16)28(25,26)23(3)4/h6-13,19H,14H2,1-5H3,(H,21,24)/p+1/t19-/m0/s1. The maximum atomic E-state index is 12.5. The minimum Gasteiger partial charge on any atom is -0.497 e. The van der Waals surface area contributed by atoms with E-state index in [0.29, 0.717) is 12.1 Å². The van der Waals surface area contributed by atoms with Crippen LogP contribution in [0.25, 0.3) is 0 Å². The zero-order valence-electron chi connectivity index (χ0n) is 16.9. The van der Waals surface area contributed by atoms with Crippen LogP contribution in [0.2, 0.25) is 0 Å².